The summed E-state index contributed by atoms with van der Waals surface area (Å²) < 4.78 is 2.12. The Morgan fingerprint density at radius 3 is 3.00 bits per heavy atom. The van der Waals surface area contributed by atoms with Crippen molar-refractivity contribution in [2.24, 2.45) is 0 Å². The van der Waals surface area contributed by atoms with Crippen molar-refractivity contribution >= 4 is 11.0 Å². The standard InChI is InChI=1S/C12H17N3O/c1-13-10(8-16)6-7-15-9-14-11-4-2-3-5-12(11)15/h2-5,9-10,13,16H,6-8H2,1H3. The summed E-state index contributed by atoms with van der Waals surface area (Å²) in [6, 6.07) is 8.23. The Labute approximate surface area is 94.9 Å². The van der Waals surface area contributed by atoms with E-state index in [-0.39, 0.29) is 12.6 Å². The van der Waals surface area contributed by atoms with Gasteiger partial charge < -0.3 is 15.0 Å². The molecule has 0 aliphatic heterocycles. The lowest BCUT2D eigenvalue weighted by Crippen LogP contribution is -2.30. The van der Waals surface area contributed by atoms with E-state index >= 15 is 0 Å². The third kappa shape index (κ3) is 2.23. The first-order valence-electron chi connectivity index (χ1n) is 5.53. The molecular weight excluding hydrogens is 202 g/mol. The van der Waals surface area contributed by atoms with Crippen molar-refractivity contribution in [3.63, 3.8) is 0 Å². The van der Waals surface area contributed by atoms with E-state index in [1.165, 1.54) is 0 Å². The molecule has 0 saturated carbocycles. The molecule has 4 heteroatoms. The summed E-state index contributed by atoms with van der Waals surface area (Å²) in [5.41, 5.74) is 2.17. The second-order valence-electron chi connectivity index (χ2n) is 3.88. The number of aliphatic hydroxyl groups is 1. The predicted molar refractivity (Wildman–Crippen MR) is 64.3 cm³/mol. The molecule has 1 heterocycles. The number of imidazole rings is 1. The molecule has 0 aliphatic carbocycles. The fourth-order valence-electron chi connectivity index (χ4n) is 1.81. The van der Waals surface area contributed by atoms with Crippen LogP contribution < -0.4 is 5.32 Å². The molecule has 0 radical (unpaired) electrons. The summed E-state index contributed by atoms with van der Waals surface area (Å²) in [5.74, 6) is 0. The third-order valence-electron chi connectivity index (χ3n) is 2.87. The fourth-order valence-corrected chi connectivity index (χ4v) is 1.81. The molecule has 0 saturated heterocycles. The number of aryl methyl sites for hydroxylation is 1. The van der Waals surface area contributed by atoms with Gasteiger partial charge in [0, 0.05) is 12.6 Å². The number of nitrogens with zero attached hydrogens (tertiary/aromatic N) is 2. The second-order valence-corrected chi connectivity index (χ2v) is 3.88. The maximum atomic E-state index is 9.08. The van der Waals surface area contributed by atoms with E-state index < -0.39 is 0 Å². The van der Waals surface area contributed by atoms with E-state index in [0.29, 0.717) is 0 Å². The van der Waals surface area contributed by atoms with Crippen molar-refractivity contribution in [3.05, 3.63) is 30.6 Å². The highest BCUT2D eigenvalue weighted by Crippen LogP contribution is 2.12. The summed E-state index contributed by atoms with van der Waals surface area (Å²) >= 11 is 0. The summed E-state index contributed by atoms with van der Waals surface area (Å²) in [6.45, 7) is 1.04. The maximum absolute atomic E-state index is 9.08. The van der Waals surface area contributed by atoms with E-state index in [2.05, 4.69) is 20.9 Å². The van der Waals surface area contributed by atoms with Gasteiger partial charge in [-0.3, -0.25) is 0 Å². The molecule has 0 aliphatic rings. The predicted octanol–water partition coefficient (Wildman–Crippen LogP) is 1.01. The van der Waals surface area contributed by atoms with Crippen molar-refractivity contribution in [3.8, 4) is 0 Å². The normalized spacial score (nSPS) is 13.1. The first kappa shape index (κ1) is 11.1. The Morgan fingerprint density at radius 1 is 1.44 bits per heavy atom. The third-order valence-corrected chi connectivity index (χ3v) is 2.87. The van der Waals surface area contributed by atoms with Crippen molar-refractivity contribution in [2.75, 3.05) is 13.7 Å². The minimum atomic E-state index is 0.154. The molecule has 2 aromatic rings. The first-order chi connectivity index (χ1) is 7.85. The van der Waals surface area contributed by atoms with Gasteiger partial charge in [0.25, 0.3) is 0 Å². The van der Waals surface area contributed by atoms with Crippen LogP contribution in [0.4, 0.5) is 0 Å². The van der Waals surface area contributed by atoms with Gasteiger partial charge in [-0.05, 0) is 25.6 Å². The van der Waals surface area contributed by atoms with Crippen LogP contribution in [0.2, 0.25) is 0 Å². The molecule has 0 fully saturated rings. The number of rotatable bonds is 5. The average Bonchev–Trinajstić information content (AvgIpc) is 2.74. The molecule has 1 aromatic carbocycles. The Morgan fingerprint density at radius 2 is 2.25 bits per heavy atom. The van der Waals surface area contributed by atoms with E-state index in [9.17, 15) is 0 Å². The average molecular weight is 219 g/mol. The minimum Gasteiger partial charge on any atom is -0.395 e. The zero-order valence-corrected chi connectivity index (χ0v) is 9.43. The smallest absolute Gasteiger partial charge is 0.0958 e. The van der Waals surface area contributed by atoms with Gasteiger partial charge >= 0.3 is 0 Å². The Balaban J connectivity index is 2.09. The van der Waals surface area contributed by atoms with Crippen LogP contribution in [0.5, 0.6) is 0 Å². The number of hydrogen-bond acceptors (Lipinski definition) is 3. The molecule has 1 unspecified atom stereocenters. The van der Waals surface area contributed by atoms with Crippen LogP contribution in [0.3, 0.4) is 0 Å². The molecule has 0 spiro atoms. The molecule has 2 rings (SSSR count). The lowest BCUT2D eigenvalue weighted by Gasteiger charge is -2.13. The fraction of sp³-hybridized carbons (Fsp3) is 0.417. The van der Waals surface area contributed by atoms with E-state index in [4.69, 9.17) is 5.11 Å². The van der Waals surface area contributed by atoms with E-state index in [1.807, 2.05) is 31.6 Å². The van der Waals surface area contributed by atoms with E-state index in [0.717, 1.165) is 24.0 Å². The SMILES string of the molecule is CNC(CO)CCn1cnc2ccccc21. The number of fused-ring (bicyclic) bond motifs is 1. The van der Waals surface area contributed by atoms with Crippen molar-refractivity contribution in [2.45, 2.75) is 19.0 Å². The van der Waals surface area contributed by atoms with Crippen LogP contribution >= 0.6 is 0 Å². The largest absolute Gasteiger partial charge is 0.395 e. The van der Waals surface area contributed by atoms with Gasteiger partial charge in [-0.25, -0.2) is 4.98 Å². The number of nitrogens with one attached hydrogen (secondary N) is 1. The van der Waals surface area contributed by atoms with Gasteiger partial charge in [0.1, 0.15) is 0 Å². The number of aliphatic hydroxyl groups excluding tert-OH is 1. The van der Waals surface area contributed by atoms with Crippen molar-refractivity contribution < 1.29 is 5.11 Å². The highest BCUT2D eigenvalue weighted by Gasteiger charge is 2.06. The summed E-state index contributed by atoms with van der Waals surface area (Å²) in [5, 5.41) is 12.2. The lowest BCUT2D eigenvalue weighted by molar-refractivity contribution is 0.238. The number of aromatic nitrogens is 2. The molecular formula is C12H17N3O. The molecule has 0 amide bonds. The molecule has 2 N–H and O–H groups in total. The van der Waals surface area contributed by atoms with Crippen LogP contribution in [0, 0.1) is 0 Å². The highest BCUT2D eigenvalue weighted by molar-refractivity contribution is 5.74. The Bertz CT molecular complexity index is 448. The zero-order valence-electron chi connectivity index (χ0n) is 9.43. The molecule has 86 valence electrons. The molecule has 1 aromatic heterocycles. The Hall–Kier alpha value is -1.39. The number of hydrogen-bond donors (Lipinski definition) is 2. The summed E-state index contributed by atoms with van der Waals surface area (Å²) in [6.07, 6.45) is 2.75. The summed E-state index contributed by atoms with van der Waals surface area (Å²) in [4.78, 5) is 4.33. The van der Waals surface area contributed by atoms with Gasteiger partial charge in [-0.2, -0.15) is 0 Å². The minimum absolute atomic E-state index is 0.154. The highest BCUT2D eigenvalue weighted by atomic mass is 16.3. The van der Waals surface area contributed by atoms with Crippen LogP contribution in [-0.2, 0) is 6.54 Å². The zero-order chi connectivity index (χ0) is 11.4. The van der Waals surface area contributed by atoms with Gasteiger partial charge in [-0.1, -0.05) is 12.1 Å². The number of likely N-dealkylation sites (N-methyl/N-ethyl adjacent to an activating group) is 1. The van der Waals surface area contributed by atoms with Gasteiger partial charge in [-0.15, -0.1) is 0 Å². The van der Waals surface area contributed by atoms with Gasteiger partial charge in [0.15, 0.2) is 0 Å². The Kier molecular flexibility index (Phi) is 3.54. The molecule has 16 heavy (non-hydrogen) atoms. The van der Waals surface area contributed by atoms with Crippen molar-refractivity contribution in [1.82, 2.24) is 14.9 Å². The van der Waals surface area contributed by atoms with Crippen LogP contribution in [0.25, 0.3) is 11.0 Å². The van der Waals surface area contributed by atoms with E-state index in [1.54, 1.807) is 0 Å². The molecule has 4 nitrogen and oxygen atoms in total. The first-order valence-corrected chi connectivity index (χ1v) is 5.53. The lowest BCUT2D eigenvalue weighted by atomic mass is 10.2. The number of para-hydroxylation sites is 2. The second kappa shape index (κ2) is 5.09. The molecule has 1 atom stereocenters. The van der Waals surface area contributed by atoms with Crippen molar-refractivity contribution in [1.29, 1.82) is 0 Å². The van der Waals surface area contributed by atoms with Gasteiger partial charge in [0.2, 0.25) is 0 Å². The topological polar surface area (TPSA) is 50.1 Å². The molecule has 0 bridgehead atoms. The van der Waals surface area contributed by atoms with Crippen LogP contribution in [-0.4, -0.2) is 34.4 Å². The van der Waals surface area contributed by atoms with Crippen LogP contribution in [0.15, 0.2) is 30.6 Å². The maximum Gasteiger partial charge on any atom is 0.0958 e. The monoisotopic (exact) mass is 219 g/mol. The van der Waals surface area contributed by atoms with Gasteiger partial charge in [0.05, 0.1) is 24.0 Å². The van der Waals surface area contributed by atoms with Crippen LogP contribution in [0.1, 0.15) is 6.42 Å². The summed E-state index contributed by atoms with van der Waals surface area (Å²) in [7, 11) is 1.87. The number of benzene rings is 1. The quantitative estimate of drug-likeness (QED) is 0.789.